The van der Waals surface area contributed by atoms with Crippen molar-refractivity contribution in [2.24, 2.45) is 0 Å². The minimum Gasteiger partial charge on any atom is -0.478 e. The van der Waals surface area contributed by atoms with E-state index in [0.717, 1.165) is 31.2 Å². The molecular weight excluding hydrogens is 267 g/mol. The van der Waals surface area contributed by atoms with Crippen molar-refractivity contribution in [1.29, 1.82) is 0 Å². The van der Waals surface area contributed by atoms with Gasteiger partial charge in [-0.05, 0) is 36.1 Å². The van der Waals surface area contributed by atoms with Crippen molar-refractivity contribution in [2.75, 3.05) is 0 Å². The van der Waals surface area contributed by atoms with Gasteiger partial charge in [0, 0.05) is 5.56 Å². The highest BCUT2D eigenvalue weighted by Crippen LogP contribution is 2.27. The average Bonchev–Trinajstić information content (AvgIpc) is 2.48. The zero-order valence-corrected chi connectivity index (χ0v) is 12.1. The van der Waals surface area contributed by atoms with Crippen LogP contribution in [-0.2, 0) is 6.42 Å². The van der Waals surface area contributed by atoms with Crippen LogP contribution in [0.15, 0.2) is 42.5 Å². The summed E-state index contributed by atoms with van der Waals surface area (Å²) in [5.74, 6) is -1.41. The predicted octanol–water partition coefficient (Wildman–Crippen LogP) is 4.92. The highest BCUT2D eigenvalue weighted by atomic mass is 19.1. The van der Waals surface area contributed by atoms with Gasteiger partial charge in [-0.25, -0.2) is 9.18 Å². The van der Waals surface area contributed by atoms with Gasteiger partial charge in [0.25, 0.3) is 0 Å². The Kier molecular flexibility index (Phi) is 5.09. The molecule has 0 aliphatic heterocycles. The van der Waals surface area contributed by atoms with E-state index in [1.54, 1.807) is 24.3 Å². The Hall–Kier alpha value is -2.16. The van der Waals surface area contributed by atoms with Crippen LogP contribution in [0.3, 0.4) is 0 Å². The Morgan fingerprint density at radius 1 is 1.10 bits per heavy atom. The van der Waals surface area contributed by atoms with Crippen molar-refractivity contribution in [3.8, 4) is 11.1 Å². The van der Waals surface area contributed by atoms with Gasteiger partial charge >= 0.3 is 5.97 Å². The standard InChI is InChI=1S/C18H19FO2/c1-2-3-4-7-13-10-11-15(17(19)12-13)14-8-5-6-9-16(14)18(20)21/h5-6,8-12H,2-4,7H2,1H3,(H,20,21). The maximum atomic E-state index is 14.3. The van der Waals surface area contributed by atoms with Crippen LogP contribution < -0.4 is 0 Å². The molecule has 110 valence electrons. The first-order valence-electron chi connectivity index (χ1n) is 7.24. The number of hydrogen-bond acceptors (Lipinski definition) is 1. The molecule has 0 amide bonds. The zero-order valence-electron chi connectivity index (χ0n) is 12.1. The Balaban J connectivity index is 2.31. The monoisotopic (exact) mass is 286 g/mol. The van der Waals surface area contributed by atoms with Gasteiger partial charge in [-0.3, -0.25) is 0 Å². The average molecular weight is 286 g/mol. The van der Waals surface area contributed by atoms with Crippen molar-refractivity contribution < 1.29 is 14.3 Å². The lowest BCUT2D eigenvalue weighted by Gasteiger charge is -2.09. The van der Waals surface area contributed by atoms with E-state index in [1.165, 1.54) is 12.1 Å². The summed E-state index contributed by atoms with van der Waals surface area (Å²) in [5, 5.41) is 9.19. The molecule has 2 rings (SSSR count). The van der Waals surface area contributed by atoms with Crippen LogP contribution in [0.4, 0.5) is 4.39 Å². The fraction of sp³-hybridized carbons (Fsp3) is 0.278. The summed E-state index contributed by atoms with van der Waals surface area (Å²) in [6, 6.07) is 11.6. The molecule has 0 bridgehead atoms. The van der Waals surface area contributed by atoms with E-state index in [4.69, 9.17) is 0 Å². The minimum absolute atomic E-state index is 0.120. The van der Waals surface area contributed by atoms with Gasteiger partial charge in [-0.15, -0.1) is 0 Å². The SMILES string of the molecule is CCCCCc1ccc(-c2ccccc2C(=O)O)c(F)c1. The number of rotatable bonds is 6. The van der Waals surface area contributed by atoms with Crippen LogP contribution in [0.2, 0.25) is 0 Å². The lowest BCUT2D eigenvalue weighted by Crippen LogP contribution is -2.00. The van der Waals surface area contributed by atoms with E-state index in [-0.39, 0.29) is 11.4 Å². The van der Waals surface area contributed by atoms with Crippen LogP contribution in [0, 0.1) is 5.82 Å². The van der Waals surface area contributed by atoms with Crippen LogP contribution in [-0.4, -0.2) is 11.1 Å². The fourth-order valence-corrected chi connectivity index (χ4v) is 2.42. The summed E-state index contributed by atoms with van der Waals surface area (Å²) in [6.07, 6.45) is 4.16. The fourth-order valence-electron chi connectivity index (χ4n) is 2.42. The molecule has 0 aliphatic rings. The van der Waals surface area contributed by atoms with Crippen LogP contribution in [0.25, 0.3) is 11.1 Å². The molecule has 21 heavy (non-hydrogen) atoms. The number of aromatic carboxylic acids is 1. The Morgan fingerprint density at radius 2 is 1.86 bits per heavy atom. The molecule has 0 aliphatic carbocycles. The minimum atomic E-state index is -1.04. The van der Waals surface area contributed by atoms with Crippen molar-refractivity contribution in [1.82, 2.24) is 0 Å². The molecule has 0 fully saturated rings. The first kappa shape index (κ1) is 15.2. The molecule has 0 saturated heterocycles. The number of hydrogen-bond donors (Lipinski definition) is 1. The number of carboxylic acid groups (broad SMARTS) is 1. The second-order valence-electron chi connectivity index (χ2n) is 5.12. The number of carboxylic acids is 1. The first-order valence-corrected chi connectivity index (χ1v) is 7.24. The molecule has 0 unspecified atom stereocenters. The maximum Gasteiger partial charge on any atom is 0.336 e. The topological polar surface area (TPSA) is 37.3 Å². The molecule has 0 atom stereocenters. The molecule has 1 N–H and O–H groups in total. The van der Waals surface area contributed by atoms with E-state index in [0.29, 0.717) is 11.1 Å². The summed E-state index contributed by atoms with van der Waals surface area (Å²) in [5.41, 5.74) is 1.84. The van der Waals surface area contributed by atoms with E-state index >= 15 is 0 Å². The first-order chi connectivity index (χ1) is 10.1. The maximum absolute atomic E-state index is 14.3. The molecular formula is C18H19FO2. The third-order valence-corrected chi connectivity index (χ3v) is 3.55. The quantitative estimate of drug-likeness (QED) is 0.765. The lowest BCUT2D eigenvalue weighted by molar-refractivity contribution is 0.0697. The van der Waals surface area contributed by atoms with Gasteiger partial charge < -0.3 is 5.11 Å². The van der Waals surface area contributed by atoms with Crippen LogP contribution in [0.5, 0.6) is 0 Å². The molecule has 2 aromatic rings. The normalized spacial score (nSPS) is 10.6. The number of unbranched alkanes of at least 4 members (excludes halogenated alkanes) is 2. The number of halogens is 1. The molecule has 3 heteroatoms. The Bertz CT molecular complexity index is 635. The van der Waals surface area contributed by atoms with E-state index in [1.807, 2.05) is 6.07 Å². The Labute approximate surface area is 124 Å². The molecule has 2 aromatic carbocycles. The van der Waals surface area contributed by atoms with Crippen LogP contribution in [0.1, 0.15) is 42.1 Å². The van der Waals surface area contributed by atoms with E-state index < -0.39 is 5.97 Å². The molecule has 0 aromatic heterocycles. The summed E-state index contributed by atoms with van der Waals surface area (Å²) in [4.78, 5) is 11.2. The van der Waals surface area contributed by atoms with Gasteiger partial charge in [-0.2, -0.15) is 0 Å². The van der Waals surface area contributed by atoms with Gasteiger partial charge in [-0.1, -0.05) is 50.1 Å². The number of benzene rings is 2. The molecule has 0 spiro atoms. The largest absolute Gasteiger partial charge is 0.478 e. The number of carbonyl (C=O) groups is 1. The molecule has 2 nitrogen and oxygen atoms in total. The summed E-state index contributed by atoms with van der Waals surface area (Å²) in [7, 11) is 0. The smallest absolute Gasteiger partial charge is 0.336 e. The third kappa shape index (κ3) is 3.69. The zero-order chi connectivity index (χ0) is 15.2. The van der Waals surface area contributed by atoms with Crippen molar-refractivity contribution in [2.45, 2.75) is 32.6 Å². The van der Waals surface area contributed by atoms with Gasteiger partial charge in [0.15, 0.2) is 0 Å². The van der Waals surface area contributed by atoms with Crippen molar-refractivity contribution in [3.05, 3.63) is 59.4 Å². The predicted molar refractivity (Wildman–Crippen MR) is 82.0 cm³/mol. The molecule has 0 heterocycles. The summed E-state index contributed by atoms with van der Waals surface area (Å²) >= 11 is 0. The van der Waals surface area contributed by atoms with Crippen molar-refractivity contribution in [3.63, 3.8) is 0 Å². The van der Waals surface area contributed by atoms with Gasteiger partial charge in [0.05, 0.1) is 5.56 Å². The van der Waals surface area contributed by atoms with Gasteiger partial charge in [0.1, 0.15) is 5.82 Å². The highest BCUT2D eigenvalue weighted by molar-refractivity contribution is 5.96. The second-order valence-corrected chi connectivity index (χ2v) is 5.12. The van der Waals surface area contributed by atoms with E-state index in [2.05, 4.69) is 6.92 Å². The third-order valence-electron chi connectivity index (χ3n) is 3.55. The number of aryl methyl sites for hydroxylation is 1. The van der Waals surface area contributed by atoms with E-state index in [9.17, 15) is 14.3 Å². The molecule has 0 saturated carbocycles. The second kappa shape index (κ2) is 7.02. The highest BCUT2D eigenvalue weighted by Gasteiger charge is 2.14. The summed E-state index contributed by atoms with van der Waals surface area (Å²) in [6.45, 7) is 2.13. The summed E-state index contributed by atoms with van der Waals surface area (Å²) < 4.78 is 14.3. The Morgan fingerprint density at radius 3 is 2.52 bits per heavy atom. The van der Waals surface area contributed by atoms with Crippen LogP contribution >= 0.6 is 0 Å². The van der Waals surface area contributed by atoms with Gasteiger partial charge in [0.2, 0.25) is 0 Å². The lowest BCUT2D eigenvalue weighted by atomic mass is 9.97. The molecule has 0 radical (unpaired) electrons. The van der Waals surface area contributed by atoms with Crippen molar-refractivity contribution >= 4 is 5.97 Å².